The highest BCUT2D eigenvalue weighted by molar-refractivity contribution is 5.94. The summed E-state index contributed by atoms with van der Waals surface area (Å²) in [6.07, 6.45) is 3.62. The van der Waals surface area contributed by atoms with Crippen LogP contribution >= 0.6 is 0 Å². The van der Waals surface area contributed by atoms with E-state index >= 15 is 0 Å². The first-order valence-corrected chi connectivity index (χ1v) is 9.49. The van der Waals surface area contributed by atoms with E-state index in [1.807, 2.05) is 31.2 Å². The number of pyridine rings is 1. The molecule has 3 aromatic heterocycles. The minimum absolute atomic E-state index is 0.0168. The van der Waals surface area contributed by atoms with Crippen LogP contribution in [0.2, 0.25) is 0 Å². The van der Waals surface area contributed by atoms with Crippen molar-refractivity contribution >= 4 is 28.4 Å². The number of rotatable bonds is 7. The molecule has 0 fully saturated rings. The predicted molar refractivity (Wildman–Crippen MR) is 115 cm³/mol. The first-order valence-electron chi connectivity index (χ1n) is 9.49. The number of aryl methyl sites for hydroxylation is 1. The lowest BCUT2D eigenvalue weighted by Crippen LogP contribution is -2.37. The number of aromatic nitrogens is 5. The van der Waals surface area contributed by atoms with E-state index in [4.69, 9.17) is 15.2 Å². The molecule has 4 aromatic rings. The topological polar surface area (TPSA) is 130 Å². The molecule has 4 rings (SSSR count). The van der Waals surface area contributed by atoms with Gasteiger partial charge in [-0.25, -0.2) is 19.6 Å². The predicted octanol–water partition coefficient (Wildman–Crippen LogP) is 2.13. The summed E-state index contributed by atoms with van der Waals surface area (Å²) < 4.78 is 12.7. The van der Waals surface area contributed by atoms with E-state index in [0.717, 1.165) is 5.56 Å². The van der Waals surface area contributed by atoms with Crippen molar-refractivity contribution in [3.8, 4) is 11.6 Å². The van der Waals surface area contributed by atoms with Crippen LogP contribution in [0.25, 0.3) is 16.7 Å². The smallest absolute Gasteiger partial charge is 0.269 e. The van der Waals surface area contributed by atoms with Gasteiger partial charge in [-0.2, -0.15) is 5.10 Å². The number of nitrogens with zero attached hydrogens (tertiary/aromatic N) is 5. The average Bonchev–Trinajstić information content (AvgIpc) is 3.20. The summed E-state index contributed by atoms with van der Waals surface area (Å²) in [7, 11) is 1.49. The quantitative estimate of drug-likeness (QED) is 0.436. The lowest BCUT2D eigenvalue weighted by atomic mass is 10.3. The number of para-hydroxylation sites is 2. The second-order valence-corrected chi connectivity index (χ2v) is 6.80. The van der Waals surface area contributed by atoms with E-state index in [1.165, 1.54) is 13.4 Å². The zero-order chi connectivity index (χ0) is 21.8. The van der Waals surface area contributed by atoms with Gasteiger partial charge in [0.25, 0.3) is 5.91 Å². The number of fused-ring (bicyclic) bond motifs is 1. The van der Waals surface area contributed by atoms with Gasteiger partial charge in [0, 0.05) is 13.3 Å². The third-order valence-electron chi connectivity index (χ3n) is 4.52. The zero-order valence-corrected chi connectivity index (χ0v) is 17.0. The molecule has 0 bridgehead atoms. The number of amides is 1. The molecule has 0 aliphatic rings. The first-order chi connectivity index (χ1) is 15.1. The number of nitrogen functional groups attached to an aromatic ring is 1. The highest BCUT2D eigenvalue weighted by Crippen LogP contribution is 2.26. The van der Waals surface area contributed by atoms with E-state index in [2.05, 4.69) is 25.4 Å². The fourth-order valence-corrected chi connectivity index (χ4v) is 2.97. The molecular formula is C21H21N7O3. The van der Waals surface area contributed by atoms with E-state index in [9.17, 15) is 4.79 Å². The van der Waals surface area contributed by atoms with Gasteiger partial charge < -0.3 is 20.5 Å². The van der Waals surface area contributed by atoms with Gasteiger partial charge in [0.05, 0.1) is 24.2 Å². The Balaban J connectivity index is 1.62. The van der Waals surface area contributed by atoms with Gasteiger partial charge in [-0.15, -0.1) is 0 Å². The second kappa shape index (κ2) is 8.76. The summed E-state index contributed by atoms with van der Waals surface area (Å²) in [4.78, 5) is 25.4. The fourth-order valence-electron chi connectivity index (χ4n) is 2.97. The van der Waals surface area contributed by atoms with E-state index in [1.54, 1.807) is 29.2 Å². The lowest BCUT2D eigenvalue weighted by molar-refractivity contribution is -0.125. The lowest BCUT2D eigenvalue weighted by Gasteiger charge is -2.17. The highest BCUT2D eigenvalue weighted by Gasteiger charge is 2.24. The molecule has 10 nitrogen and oxygen atoms in total. The first kappa shape index (κ1) is 20.2. The van der Waals surface area contributed by atoms with Crippen molar-refractivity contribution in [3.63, 3.8) is 0 Å². The number of benzene rings is 1. The van der Waals surface area contributed by atoms with Gasteiger partial charge in [-0.1, -0.05) is 18.2 Å². The molecule has 1 amide bonds. The van der Waals surface area contributed by atoms with E-state index in [-0.39, 0.29) is 12.5 Å². The Kier molecular flexibility index (Phi) is 5.72. The van der Waals surface area contributed by atoms with Crippen molar-refractivity contribution in [2.45, 2.75) is 13.0 Å². The SMILES string of the molecule is COC[C@H](Oc1ncnc2c1cnn2-c1ccccc1N)C(=O)Nc1ccc(C)cn1. The Morgan fingerprint density at radius 2 is 2.00 bits per heavy atom. The van der Waals surface area contributed by atoms with Crippen molar-refractivity contribution in [2.24, 2.45) is 0 Å². The molecule has 158 valence electrons. The third kappa shape index (κ3) is 4.28. The molecule has 0 saturated heterocycles. The van der Waals surface area contributed by atoms with Gasteiger partial charge in [-0.3, -0.25) is 4.79 Å². The molecule has 1 atom stereocenters. The maximum absolute atomic E-state index is 12.8. The van der Waals surface area contributed by atoms with Crippen LogP contribution in [0.15, 0.2) is 55.1 Å². The number of carbonyl (C=O) groups is 1. The summed E-state index contributed by atoms with van der Waals surface area (Å²) >= 11 is 0. The molecule has 1 aromatic carbocycles. The number of nitrogens with one attached hydrogen (secondary N) is 1. The molecule has 0 aliphatic carbocycles. The molecule has 3 heterocycles. The molecule has 0 spiro atoms. The number of nitrogens with two attached hydrogens (primary N) is 1. The van der Waals surface area contributed by atoms with Crippen molar-refractivity contribution < 1.29 is 14.3 Å². The Bertz CT molecular complexity index is 1210. The summed E-state index contributed by atoms with van der Waals surface area (Å²) in [5.74, 6) is 0.213. The number of anilines is 2. The zero-order valence-electron chi connectivity index (χ0n) is 17.0. The van der Waals surface area contributed by atoms with Crippen molar-refractivity contribution in [3.05, 3.63) is 60.7 Å². The Hall–Kier alpha value is -4.05. The van der Waals surface area contributed by atoms with Gasteiger partial charge in [0.1, 0.15) is 17.5 Å². The minimum Gasteiger partial charge on any atom is -0.461 e. The van der Waals surface area contributed by atoms with Crippen LogP contribution in [0, 0.1) is 6.92 Å². The average molecular weight is 419 g/mol. The summed E-state index contributed by atoms with van der Waals surface area (Å²) in [6.45, 7) is 1.93. The van der Waals surface area contributed by atoms with Crippen LogP contribution in [0.1, 0.15) is 5.56 Å². The summed E-state index contributed by atoms with van der Waals surface area (Å²) in [6, 6.07) is 10.9. The van der Waals surface area contributed by atoms with Crippen LogP contribution in [-0.2, 0) is 9.53 Å². The van der Waals surface area contributed by atoms with Crippen molar-refractivity contribution in [1.82, 2.24) is 24.7 Å². The number of hydrogen-bond acceptors (Lipinski definition) is 8. The summed E-state index contributed by atoms with van der Waals surface area (Å²) in [5.41, 5.74) is 8.79. The Morgan fingerprint density at radius 1 is 1.16 bits per heavy atom. The fraction of sp³-hybridized carbons (Fsp3) is 0.190. The van der Waals surface area contributed by atoms with Crippen LogP contribution in [0.5, 0.6) is 5.88 Å². The van der Waals surface area contributed by atoms with Crippen LogP contribution in [-0.4, -0.2) is 50.5 Å². The van der Waals surface area contributed by atoms with Gasteiger partial charge >= 0.3 is 0 Å². The van der Waals surface area contributed by atoms with Gasteiger partial charge in [-0.05, 0) is 30.7 Å². The van der Waals surface area contributed by atoms with Gasteiger partial charge in [0.15, 0.2) is 5.65 Å². The van der Waals surface area contributed by atoms with Crippen molar-refractivity contribution in [1.29, 1.82) is 0 Å². The van der Waals surface area contributed by atoms with E-state index in [0.29, 0.717) is 28.2 Å². The van der Waals surface area contributed by atoms with Crippen LogP contribution in [0.4, 0.5) is 11.5 Å². The molecule has 0 radical (unpaired) electrons. The molecule has 0 saturated carbocycles. The Morgan fingerprint density at radius 3 is 2.74 bits per heavy atom. The molecule has 0 unspecified atom stereocenters. The van der Waals surface area contributed by atoms with Crippen molar-refractivity contribution in [2.75, 3.05) is 24.8 Å². The normalized spacial score (nSPS) is 11.9. The minimum atomic E-state index is -0.962. The number of carbonyl (C=O) groups excluding carboxylic acids is 1. The van der Waals surface area contributed by atoms with E-state index < -0.39 is 12.0 Å². The number of hydrogen-bond donors (Lipinski definition) is 2. The standard InChI is InChI=1S/C21H21N7O3/c1-13-7-8-18(23-9-13)27-20(29)17(11-30-2)31-21-14-10-26-28(19(14)24-12-25-21)16-6-4-3-5-15(16)22/h3-10,12,17H,11,22H2,1-2H3,(H,23,27,29)/t17-/m0/s1. The molecule has 0 aliphatic heterocycles. The van der Waals surface area contributed by atoms with Crippen LogP contribution in [0.3, 0.4) is 0 Å². The molecule has 3 N–H and O–H groups in total. The summed E-state index contributed by atoms with van der Waals surface area (Å²) in [5, 5.41) is 7.63. The Labute approximate surface area is 178 Å². The third-order valence-corrected chi connectivity index (χ3v) is 4.52. The number of ether oxygens (including phenoxy) is 2. The monoisotopic (exact) mass is 419 g/mol. The highest BCUT2D eigenvalue weighted by atomic mass is 16.5. The largest absolute Gasteiger partial charge is 0.461 e. The molecule has 10 heteroatoms. The molecular weight excluding hydrogens is 398 g/mol. The number of methoxy groups -OCH3 is 1. The maximum Gasteiger partial charge on any atom is 0.269 e. The van der Waals surface area contributed by atoms with Gasteiger partial charge in [0.2, 0.25) is 12.0 Å². The maximum atomic E-state index is 12.8. The van der Waals surface area contributed by atoms with Crippen LogP contribution < -0.4 is 15.8 Å². The molecule has 31 heavy (non-hydrogen) atoms. The second-order valence-electron chi connectivity index (χ2n) is 6.80.